The van der Waals surface area contributed by atoms with Crippen molar-refractivity contribution in [1.82, 2.24) is 20.2 Å². The molecule has 0 amide bonds. The number of halogens is 1. The second-order valence-corrected chi connectivity index (χ2v) is 4.75. The normalized spacial score (nSPS) is 12.6. The largest absolute Gasteiger partial charge is 0.398 e. The Hall–Kier alpha value is -1.62. The summed E-state index contributed by atoms with van der Waals surface area (Å²) in [6.07, 6.45) is 2.10. The molecule has 1 aromatic heterocycles. The first-order valence-corrected chi connectivity index (χ1v) is 6.34. The predicted molar refractivity (Wildman–Crippen MR) is 72.3 cm³/mol. The summed E-state index contributed by atoms with van der Waals surface area (Å²) in [4.78, 5) is 0. The summed E-state index contributed by atoms with van der Waals surface area (Å²) in [5.74, 6) is 0.685. The minimum absolute atomic E-state index is 0.245. The van der Waals surface area contributed by atoms with Gasteiger partial charge in [0.1, 0.15) is 0 Å². The average Bonchev–Trinajstić information content (AvgIpc) is 2.78. The standard InChI is InChI=1S/C12H16ClN5/c1-3-4-8(2)18-12(15-16-17-18)10-6-5-9(13)7-11(10)14/h5-8H,3-4,14H2,1-2H3. The fourth-order valence-electron chi connectivity index (χ4n) is 1.95. The van der Waals surface area contributed by atoms with E-state index in [1.54, 1.807) is 12.1 Å². The number of tetrazole rings is 1. The summed E-state index contributed by atoms with van der Waals surface area (Å²) < 4.78 is 1.81. The summed E-state index contributed by atoms with van der Waals surface area (Å²) in [5.41, 5.74) is 7.36. The van der Waals surface area contributed by atoms with Crippen LogP contribution in [0.1, 0.15) is 32.7 Å². The third-order valence-electron chi connectivity index (χ3n) is 2.87. The van der Waals surface area contributed by atoms with E-state index in [1.807, 2.05) is 10.7 Å². The van der Waals surface area contributed by atoms with Gasteiger partial charge in [0, 0.05) is 16.3 Å². The van der Waals surface area contributed by atoms with Crippen LogP contribution in [-0.4, -0.2) is 20.2 Å². The Balaban J connectivity index is 2.42. The molecule has 0 aliphatic rings. The predicted octanol–water partition coefficient (Wildman–Crippen LogP) is 2.94. The van der Waals surface area contributed by atoms with E-state index in [0.29, 0.717) is 16.5 Å². The van der Waals surface area contributed by atoms with Gasteiger partial charge in [-0.15, -0.1) is 5.10 Å². The van der Waals surface area contributed by atoms with Crippen LogP contribution in [0, 0.1) is 0 Å². The highest BCUT2D eigenvalue weighted by molar-refractivity contribution is 6.31. The highest BCUT2D eigenvalue weighted by atomic mass is 35.5. The zero-order chi connectivity index (χ0) is 13.1. The van der Waals surface area contributed by atoms with Gasteiger partial charge >= 0.3 is 0 Å². The molecule has 2 rings (SSSR count). The SMILES string of the molecule is CCCC(C)n1nnnc1-c1ccc(Cl)cc1N. The van der Waals surface area contributed by atoms with E-state index in [1.165, 1.54) is 0 Å². The Morgan fingerprint density at radius 2 is 2.22 bits per heavy atom. The lowest BCUT2D eigenvalue weighted by Gasteiger charge is -2.13. The average molecular weight is 266 g/mol. The highest BCUT2D eigenvalue weighted by Crippen LogP contribution is 2.28. The van der Waals surface area contributed by atoms with Crippen LogP contribution in [0.5, 0.6) is 0 Å². The molecule has 2 aromatic rings. The lowest BCUT2D eigenvalue weighted by molar-refractivity contribution is 0.447. The van der Waals surface area contributed by atoms with Crippen LogP contribution in [-0.2, 0) is 0 Å². The van der Waals surface area contributed by atoms with Crippen molar-refractivity contribution in [1.29, 1.82) is 0 Å². The van der Waals surface area contributed by atoms with E-state index in [2.05, 4.69) is 29.4 Å². The zero-order valence-electron chi connectivity index (χ0n) is 10.5. The van der Waals surface area contributed by atoms with Crippen molar-refractivity contribution in [3.63, 3.8) is 0 Å². The molecular formula is C12H16ClN5. The van der Waals surface area contributed by atoms with E-state index in [9.17, 15) is 0 Å². The van der Waals surface area contributed by atoms with Crippen LogP contribution < -0.4 is 5.73 Å². The Morgan fingerprint density at radius 3 is 2.89 bits per heavy atom. The number of nitrogens with zero attached hydrogens (tertiary/aromatic N) is 4. The Labute approximate surface area is 111 Å². The summed E-state index contributed by atoms with van der Waals surface area (Å²) >= 11 is 5.89. The van der Waals surface area contributed by atoms with Gasteiger partial charge in [0.25, 0.3) is 0 Å². The maximum atomic E-state index is 5.96. The molecule has 0 bridgehead atoms. The summed E-state index contributed by atoms with van der Waals surface area (Å²) in [6.45, 7) is 4.23. The zero-order valence-corrected chi connectivity index (χ0v) is 11.2. The van der Waals surface area contributed by atoms with Crippen molar-refractivity contribution in [2.24, 2.45) is 0 Å². The van der Waals surface area contributed by atoms with Crippen LogP contribution in [0.3, 0.4) is 0 Å². The minimum atomic E-state index is 0.245. The number of hydrogen-bond donors (Lipinski definition) is 1. The Morgan fingerprint density at radius 1 is 1.44 bits per heavy atom. The highest BCUT2D eigenvalue weighted by Gasteiger charge is 2.16. The fraction of sp³-hybridized carbons (Fsp3) is 0.417. The van der Waals surface area contributed by atoms with Crippen molar-refractivity contribution >= 4 is 17.3 Å². The van der Waals surface area contributed by atoms with Crippen LogP contribution in [0.2, 0.25) is 5.02 Å². The molecule has 5 nitrogen and oxygen atoms in total. The van der Waals surface area contributed by atoms with E-state index in [0.717, 1.165) is 18.4 Å². The van der Waals surface area contributed by atoms with Gasteiger partial charge in [0.05, 0.1) is 6.04 Å². The van der Waals surface area contributed by atoms with Gasteiger partial charge in [-0.05, 0) is 42.0 Å². The maximum absolute atomic E-state index is 5.96. The Bertz CT molecular complexity index is 537. The first-order valence-electron chi connectivity index (χ1n) is 5.96. The molecule has 0 radical (unpaired) electrons. The molecule has 6 heteroatoms. The number of aromatic nitrogens is 4. The second-order valence-electron chi connectivity index (χ2n) is 4.32. The van der Waals surface area contributed by atoms with Gasteiger partial charge < -0.3 is 5.73 Å². The number of nitrogens with two attached hydrogens (primary N) is 1. The lowest BCUT2D eigenvalue weighted by atomic mass is 10.1. The van der Waals surface area contributed by atoms with Gasteiger partial charge in [0.2, 0.25) is 0 Å². The second kappa shape index (κ2) is 5.35. The van der Waals surface area contributed by atoms with E-state index >= 15 is 0 Å². The third-order valence-corrected chi connectivity index (χ3v) is 3.11. The first kappa shape index (κ1) is 12.8. The molecule has 96 valence electrons. The lowest BCUT2D eigenvalue weighted by Crippen LogP contribution is -2.09. The molecule has 18 heavy (non-hydrogen) atoms. The van der Waals surface area contributed by atoms with E-state index in [-0.39, 0.29) is 6.04 Å². The third kappa shape index (κ3) is 2.46. The number of anilines is 1. The van der Waals surface area contributed by atoms with Crippen LogP contribution >= 0.6 is 11.6 Å². The molecule has 0 saturated carbocycles. The molecule has 0 aliphatic heterocycles. The van der Waals surface area contributed by atoms with Gasteiger partial charge in [-0.1, -0.05) is 24.9 Å². The summed E-state index contributed by atoms with van der Waals surface area (Å²) in [7, 11) is 0. The monoisotopic (exact) mass is 265 g/mol. The van der Waals surface area contributed by atoms with Gasteiger partial charge in [-0.3, -0.25) is 0 Å². The topological polar surface area (TPSA) is 69.6 Å². The number of rotatable bonds is 4. The number of nitrogen functional groups attached to an aromatic ring is 1. The first-order chi connectivity index (χ1) is 8.63. The van der Waals surface area contributed by atoms with Crippen molar-refractivity contribution in [3.05, 3.63) is 23.2 Å². The van der Waals surface area contributed by atoms with Crippen LogP contribution in [0.25, 0.3) is 11.4 Å². The summed E-state index contributed by atoms with van der Waals surface area (Å²) in [5, 5.41) is 12.4. The smallest absolute Gasteiger partial charge is 0.184 e. The van der Waals surface area contributed by atoms with Crippen LogP contribution in [0.4, 0.5) is 5.69 Å². The van der Waals surface area contributed by atoms with Crippen molar-refractivity contribution in [3.8, 4) is 11.4 Å². The Kier molecular flexibility index (Phi) is 3.81. The fourth-order valence-corrected chi connectivity index (χ4v) is 2.13. The van der Waals surface area contributed by atoms with E-state index < -0.39 is 0 Å². The molecule has 1 aromatic carbocycles. The minimum Gasteiger partial charge on any atom is -0.398 e. The molecule has 0 fully saturated rings. The summed E-state index contributed by atoms with van der Waals surface area (Å²) in [6, 6.07) is 5.59. The van der Waals surface area contributed by atoms with Gasteiger partial charge in [-0.2, -0.15) is 0 Å². The van der Waals surface area contributed by atoms with E-state index in [4.69, 9.17) is 17.3 Å². The molecule has 1 unspecified atom stereocenters. The molecule has 0 aliphatic carbocycles. The van der Waals surface area contributed by atoms with Crippen LogP contribution in [0.15, 0.2) is 18.2 Å². The molecule has 1 heterocycles. The molecule has 0 saturated heterocycles. The van der Waals surface area contributed by atoms with Gasteiger partial charge in [-0.25, -0.2) is 4.68 Å². The van der Waals surface area contributed by atoms with Crippen molar-refractivity contribution in [2.45, 2.75) is 32.7 Å². The molecule has 0 spiro atoms. The molecular weight excluding hydrogens is 250 g/mol. The quantitative estimate of drug-likeness (QED) is 0.863. The number of benzene rings is 1. The van der Waals surface area contributed by atoms with Gasteiger partial charge in [0.15, 0.2) is 5.82 Å². The molecule has 1 atom stereocenters. The maximum Gasteiger partial charge on any atom is 0.184 e. The molecule has 2 N–H and O–H groups in total. The van der Waals surface area contributed by atoms with Crippen molar-refractivity contribution in [2.75, 3.05) is 5.73 Å². The van der Waals surface area contributed by atoms with Crippen molar-refractivity contribution < 1.29 is 0 Å². The number of hydrogen-bond acceptors (Lipinski definition) is 4.